The van der Waals surface area contributed by atoms with E-state index in [-0.39, 0.29) is 5.75 Å². The summed E-state index contributed by atoms with van der Waals surface area (Å²) in [4.78, 5) is 2.30. The number of hydrogen-bond acceptors (Lipinski definition) is 4. The van der Waals surface area contributed by atoms with Gasteiger partial charge in [0, 0.05) is 17.1 Å². The number of hydrogen-bond donors (Lipinski definition) is 2. The summed E-state index contributed by atoms with van der Waals surface area (Å²) < 4.78 is 6.09. The molecule has 2 rings (SSSR count). The molecule has 5 heteroatoms. The molecule has 2 unspecified atom stereocenters. The van der Waals surface area contributed by atoms with Crippen LogP contribution in [-0.2, 0) is 0 Å². The lowest BCUT2D eigenvalue weighted by Crippen LogP contribution is -2.20. The first-order valence-corrected chi connectivity index (χ1v) is 6.82. The van der Waals surface area contributed by atoms with Crippen LogP contribution < -0.4 is 10.5 Å². The standard InChI is InChI=1S/C13H19BrN2O2/c1-16-7-8(6-15)3-11(16)9-4-13(18-2)12(17)5-10(9)14/h4-5,8,11,17H,3,6-7,15H2,1-2H3. The number of phenolic OH excluding ortho intramolecular Hbond substituents is 1. The highest BCUT2D eigenvalue weighted by Gasteiger charge is 2.31. The second-order valence-corrected chi connectivity index (χ2v) is 5.69. The van der Waals surface area contributed by atoms with Gasteiger partial charge in [-0.1, -0.05) is 15.9 Å². The summed E-state index contributed by atoms with van der Waals surface area (Å²) in [7, 11) is 3.67. The van der Waals surface area contributed by atoms with E-state index in [4.69, 9.17) is 10.5 Å². The minimum absolute atomic E-state index is 0.157. The number of rotatable bonds is 3. The van der Waals surface area contributed by atoms with Gasteiger partial charge in [0.15, 0.2) is 11.5 Å². The number of methoxy groups -OCH3 is 1. The molecule has 1 saturated heterocycles. The van der Waals surface area contributed by atoms with Crippen LogP contribution in [0.2, 0.25) is 0 Å². The fourth-order valence-electron chi connectivity index (χ4n) is 2.62. The summed E-state index contributed by atoms with van der Waals surface area (Å²) >= 11 is 3.52. The van der Waals surface area contributed by atoms with Gasteiger partial charge in [-0.15, -0.1) is 0 Å². The number of phenols is 1. The lowest BCUT2D eigenvalue weighted by atomic mass is 9.99. The van der Waals surface area contributed by atoms with Gasteiger partial charge < -0.3 is 15.6 Å². The van der Waals surface area contributed by atoms with Crippen LogP contribution in [0.5, 0.6) is 11.5 Å². The zero-order valence-electron chi connectivity index (χ0n) is 10.7. The average molecular weight is 315 g/mol. The number of nitrogens with zero attached hydrogens (tertiary/aromatic N) is 1. The van der Waals surface area contributed by atoms with E-state index >= 15 is 0 Å². The van der Waals surface area contributed by atoms with Gasteiger partial charge in [0.2, 0.25) is 0 Å². The predicted molar refractivity (Wildman–Crippen MR) is 74.9 cm³/mol. The average Bonchev–Trinajstić information content (AvgIpc) is 2.71. The van der Waals surface area contributed by atoms with E-state index in [1.165, 1.54) is 0 Å². The van der Waals surface area contributed by atoms with Gasteiger partial charge in [0.05, 0.1) is 7.11 Å². The van der Waals surface area contributed by atoms with Crippen molar-refractivity contribution in [3.05, 3.63) is 22.2 Å². The maximum absolute atomic E-state index is 9.73. The maximum atomic E-state index is 9.73. The summed E-state index contributed by atoms with van der Waals surface area (Å²) in [6.45, 7) is 1.73. The van der Waals surface area contributed by atoms with Crippen molar-refractivity contribution < 1.29 is 9.84 Å². The number of nitrogens with two attached hydrogens (primary N) is 1. The molecule has 100 valence electrons. The molecule has 4 nitrogen and oxygen atoms in total. The Balaban J connectivity index is 2.33. The van der Waals surface area contributed by atoms with E-state index in [9.17, 15) is 5.11 Å². The van der Waals surface area contributed by atoms with Crippen molar-refractivity contribution in [2.45, 2.75) is 12.5 Å². The topological polar surface area (TPSA) is 58.7 Å². The van der Waals surface area contributed by atoms with Crippen LogP contribution in [0, 0.1) is 5.92 Å². The highest BCUT2D eigenvalue weighted by molar-refractivity contribution is 9.10. The summed E-state index contributed by atoms with van der Waals surface area (Å²) in [6.07, 6.45) is 1.04. The number of halogens is 1. The normalized spacial score (nSPS) is 24.4. The van der Waals surface area contributed by atoms with Crippen LogP contribution in [0.3, 0.4) is 0 Å². The predicted octanol–water partition coefficient (Wildman–Crippen LogP) is 2.11. The van der Waals surface area contributed by atoms with E-state index in [0.717, 1.165) is 23.0 Å². The van der Waals surface area contributed by atoms with Gasteiger partial charge in [-0.3, -0.25) is 4.90 Å². The fourth-order valence-corrected chi connectivity index (χ4v) is 3.21. The number of likely N-dealkylation sites (tertiary alicyclic amines) is 1. The Kier molecular flexibility index (Phi) is 4.14. The Morgan fingerprint density at radius 3 is 2.83 bits per heavy atom. The van der Waals surface area contributed by atoms with E-state index in [1.807, 2.05) is 6.07 Å². The van der Waals surface area contributed by atoms with Crippen molar-refractivity contribution in [2.24, 2.45) is 11.7 Å². The molecular formula is C13H19BrN2O2. The molecule has 0 amide bonds. The van der Waals surface area contributed by atoms with Crippen LogP contribution >= 0.6 is 15.9 Å². The van der Waals surface area contributed by atoms with Crippen molar-refractivity contribution in [2.75, 3.05) is 27.2 Å². The van der Waals surface area contributed by atoms with E-state index in [0.29, 0.717) is 24.3 Å². The smallest absolute Gasteiger partial charge is 0.160 e. The Labute approximate surface area is 116 Å². The first kappa shape index (κ1) is 13.6. The number of benzene rings is 1. The monoisotopic (exact) mass is 314 g/mol. The third kappa shape index (κ3) is 2.48. The van der Waals surface area contributed by atoms with Crippen LogP contribution in [0.25, 0.3) is 0 Å². The molecule has 0 saturated carbocycles. The molecule has 2 atom stereocenters. The molecule has 1 aliphatic rings. The molecular weight excluding hydrogens is 296 g/mol. The summed E-state index contributed by atoms with van der Waals surface area (Å²) in [6, 6.07) is 3.92. The highest BCUT2D eigenvalue weighted by Crippen LogP contribution is 2.41. The Bertz CT molecular complexity index is 439. The minimum atomic E-state index is 0.157. The molecule has 3 N–H and O–H groups in total. The third-order valence-corrected chi connectivity index (χ3v) is 4.31. The third-order valence-electron chi connectivity index (χ3n) is 3.63. The second kappa shape index (κ2) is 5.47. The van der Waals surface area contributed by atoms with Gasteiger partial charge in [0.25, 0.3) is 0 Å². The molecule has 0 radical (unpaired) electrons. The first-order chi connectivity index (χ1) is 8.56. The van der Waals surface area contributed by atoms with Gasteiger partial charge in [-0.25, -0.2) is 0 Å². The molecule has 1 heterocycles. The molecule has 1 fully saturated rings. The Hall–Kier alpha value is -0.780. The highest BCUT2D eigenvalue weighted by atomic mass is 79.9. The molecule has 0 aromatic heterocycles. The van der Waals surface area contributed by atoms with Crippen molar-refractivity contribution in [1.82, 2.24) is 4.90 Å². The van der Waals surface area contributed by atoms with Crippen molar-refractivity contribution in [3.8, 4) is 11.5 Å². The molecule has 18 heavy (non-hydrogen) atoms. The largest absolute Gasteiger partial charge is 0.504 e. The fraction of sp³-hybridized carbons (Fsp3) is 0.538. The van der Waals surface area contributed by atoms with Gasteiger partial charge in [-0.2, -0.15) is 0 Å². The first-order valence-electron chi connectivity index (χ1n) is 6.03. The molecule has 1 aromatic rings. The quantitative estimate of drug-likeness (QED) is 0.897. The van der Waals surface area contributed by atoms with Gasteiger partial charge in [-0.05, 0) is 43.6 Å². The van der Waals surface area contributed by atoms with E-state index < -0.39 is 0 Å². The molecule has 0 bridgehead atoms. The SMILES string of the molecule is COc1cc(C2CC(CN)CN2C)c(Br)cc1O. The molecule has 1 aliphatic heterocycles. The Morgan fingerprint density at radius 1 is 1.56 bits per heavy atom. The lowest BCUT2D eigenvalue weighted by molar-refractivity contribution is 0.310. The number of aromatic hydroxyl groups is 1. The van der Waals surface area contributed by atoms with E-state index in [1.54, 1.807) is 13.2 Å². The van der Waals surface area contributed by atoms with Crippen LogP contribution in [0.4, 0.5) is 0 Å². The van der Waals surface area contributed by atoms with Crippen molar-refractivity contribution in [3.63, 3.8) is 0 Å². The zero-order valence-corrected chi connectivity index (χ0v) is 12.3. The van der Waals surface area contributed by atoms with Crippen molar-refractivity contribution >= 4 is 15.9 Å². The lowest BCUT2D eigenvalue weighted by Gasteiger charge is -2.21. The van der Waals surface area contributed by atoms with Crippen LogP contribution in [-0.4, -0.2) is 37.3 Å². The van der Waals surface area contributed by atoms with Gasteiger partial charge >= 0.3 is 0 Å². The second-order valence-electron chi connectivity index (χ2n) is 4.84. The summed E-state index contributed by atoms with van der Waals surface area (Å²) in [5.41, 5.74) is 6.89. The van der Waals surface area contributed by atoms with Crippen LogP contribution in [0.15, 0.2) is 16.6 Å². The molecule has 0 aliphatic carbocycles. The molecule has 1 aromatic carbocycles. The van der Waals surface area contributed by atoms with E-state index in [2.05, 4.69) is 27.9 Å². The Morgan fingerprint density at radius 2 is 2.28 bits per heavy atom. The molecule has 0 spiro atoms. The summed E-state index contributed by atoms with van der Waals surface area (Å²) in [5, 5.41) is 9.73. The van der Waals surface area contributed by atoms with Crippen molar-refractivity contribution in [1.29, 1.82) is 0 Å². The minimum Gasteiger partial charge on any atom is -0.504 e. The zero-order chi connectivity index (χ0) is 13.3. The van der Waals surface area contributed by atoms with Crippen LogP contribution in [0.1, 0.15) is 18.0 Å². The summed E-state index contributed by atoms with van der Waals surface area (Å²) in [5.74, 6) is 1.20. The maximum Gasteiger partial charge on any atom is 0.160 e. The van der Waals surface area contributed by atoms with Gasteiger partial charge in [0.1, 0.15) is 0 Å². The number of ether oxygens (including phenoxy) is 1.